The summed E-state index contributed by atoms with van der Waals surface area (Å²) in [5.74, 6) is 0.789. The molecule has 0 bridgehead atoms. The topological polar surface area (TPSA) is 15.3 Å². The maximum atomic E-state index is 3.49. The number of likely N-dealkylation sites (N-methyl/N-ethyl adjacent to an activating group) is 1. The molecule has 1 aromatic carbocycles. The van der Waals surface area contributed by atoms with Crippen LogP contribution in [0.5, 0.6) is 0 Å². The fraction of sp³-hybridized carbons (Fsp3) is 0.600. The second-order valence-electron chi connectivity index (χ2n) is 5.19. The zero-order valence-electron chi connectivity index (χ0n) is 11.7. The van der Waals surface area contributed by atoms with E-state index in [4.69, 9.17) is 0 Å². The van der Waals surface area contributed by atoms with Gasteiger partial charge in [0.15, 0.2) is 0 Å². The fourth-order valence-corrected chi connectivity index (χ4v) is 1.69. The van der Waals surface area contributed by atoms with Crippen LogP contribution in [-0.4, -0.2) is 26.7 Å². The first kappa shape index (κ1) is 14.0. The number of anilines is 1. The van der Waals surface area contributed by atoms with E-state index in [9.17, 15) is 0 Å². The predicted molar refractivity (Wildman–Crippen MR) is 76.8 cm³/mol. The van der Waals surface area contributed by atoms with Gasteiger partial charge >= 0.3 is 0 Å². The average Bonchev–Trinajstić information content (AvgIpc) is 2.29. The molecule has 96 valence electrons. The fourth-order valence-electron chi connectivity index (χ4n) is 1.69. The van der Waals surface area contributed by atoms with Crippen LogP contribution in [0, 0.1) is 12.8 Å². The molecular formula is C15H26N2. The second-order valence-corrected chi connectivity index (χ2v) is 5.19. The van der Waals surface area contributed by atoms with E-state index in [1.54, 1.807) is 0 Å². The van der Waals surface area contributed by atoms with Crippen LogP contribution >= 0.6 is 0 Å². The number of nitrogens with zero attached hydrogens (tertiary/aromatic N) is 1. The molecule has 0 spiro atoms. The van der Waals surface area contributed by atoms with E-state index in [0.29, 0.717) is 0 Å². The van der Waals surface area contributed by atoms with Crippen molar-refractivity contribution in [2.24, 2.45) is 5.92 Å². The highest BCUT2D eigenvalue weighted by Gasteiger charge is 1.99. The quantitative estimate of drug-likeness (QED) is 0.729. The Bertz CT molecular complexity index is 303. The van der Waals surface area contributed by atoms with Crippen LogP contribution in [-0.2, 0) is 0 Å². The SMILES string of the molecule is Cc1ccc(N(C)CCNCCC(C)C)cc1. The van der Waals surface area contributed by atoms with Crippen molar-refractivity contribution in [3.05, 3.63) is 29.8 Å². The Labute approximate surface area is 106 Å². The van der Waals surface area contributed by atoms with E-state index in [-0.39, 0.29) is 0 Å². The molecule has 0 saturated carbocycles. The molecule has 17 heavy (non-hydrogen) atoms. The van der Waals surface area contributed by atoms with Gasteiger partial charge in [0.25, 0.3) is 0 Å². The molecule has 0 aliphatic rings. The summed E-state index contributed by atoms with van der Waals surface area (Å²) in [6.07, 6.45) is 1.26. The molecule has 2 heteroatoms. The summed E-state index contributed by atoms with van der Waals surface area (Å²) < 4.78 is 0. The average molecular weight is 234 g/mol. The molecule has 1 N–H and O–H groups in total. The van der Waals surface area contributed by atoms with Gasteiger partial charge in [-0.25, -0.2) is 0 Å². The first-order chi connectivity index (χ1) is 8.09. The van der Waals surface area contributed by atoms with E-state index in [1.807, 2.05) is 0 Å². The number of benzene rings is 1. The smallest absolute Gasteiger partial charge is 0.0364 e. The summed E-state index contributed by atoms with van der Waals surface area (Å²) in [6, 6.07) is 8.70. The third-order valence-electron chi connectivity index (χ3n) is 3.00. The van der Waals surface area contributed by atoms with Gasteiger partial charge in [-0.2, -0.15) is 0 Å². The number of nitrogens with one attached hydrogen (secondary N) is 1. The van der Waals surface area contributed by atoms with Crippen molar-refractivity contribution < 1.29 is 0 Å². The Morgan fingerprint density at radius 1 is 1.12 bits per heavy atom. The monoisotopic (exact) mass is 234 g/mol. The van der Waals surface area contributed by atoms with Crippen LogP contribution < -0.4 is 10.2 Å². The van der Waals surface area contributed by atoms with Crippen LogP contribution in [0.15, 0.2) is 24.3 Å². The minimum Gasteiger partial charge on any atom is -0.373 e. The summed E-state index contributed by atoms with van der Waals surface area (Å²) in [5.41, 5.74) is 2.61. The van der Waals surface area contributed by atoms with Crippen molar-refractivity contribution in [2.75, 3.05) is 31.6 Å². The first-order valence-corrected chi connectivity index (χ1v) is 6.58. The highest BCUT2D eigenvalue weighted by Crippen LogP contribution is 2.12. The number of rotatable bonds is 7. The van der Waals surface area contributed by atoms with E-state index < -0.39 is 0 Å². The van der Waals surface area contributed by atoms with Crippen LogP contribution in [0.2, 0.25) is 0 Å². The Kier molecular flexibility index (Phi) is 6.06. The lowest BCUT2D eigenvalue weighted by molar-refractivity contribution is 0.539. The molecule has 0 heterocycles. The van der Waals surface area contributed by atoms with E-state index in [1.165, 1.54) is 17.7 Å². The molecule has 0 amide bonds. The van der Waals surface area contributed by atoms with Crippen molar-refractivity contribution in [2.45, 2.75) is 27.2 Å². The molecule has 2 nitrogen and oxygen atoms in total. The van der Waals surface area contributed by atoms with Crippen molar-refractivity contribution in [3.8, 4) is 0 Å². The van der Waals surface area contributed by atoms with Gasteiger partial charge in [-0.05, 0) is 37.9 Å². The predicted octanol–water partition coefficient (Wildman–Crippen LogP) is 3.07. The summed E-state index contributed by atoms with van der Waals surface area (Å²) in [5, 5.41) is 3.49. The summed E-state index contributed by atoms with van der Waals surface area (Å²) in [7, 11) is 2.15. The van der Waals surface area contributed by atoms with Crippen LogP contribution in [0.3, 0.4) is 0 Å². The molecule has 0 saturated heterocycles. The Hall–Kier alpha value is -1.02. The minimum atomic E-state index is 0.789. The number of hydrogen-bond donors (Lipinski definition) is 1. The molecule has 1 rings (SSSR count). The highest BCUT2D eigenvalue weighted by atomic mass is 15.1. The molecule has 0 fully saturated rings. The van der Waals surface area contributed by atoms with E-state index in [0.717, 1.165) is 25.6 Å². The maximum absolute atomic E-state index is 3.49. The molecule has 1 aromatic rings. The van der Waals surface area contributed by atoms with Gasteiger partial charge in [0.05, 0.1) is 0 Å². The van der Waals surface area contributed by atoms with Crippen LogP contribution in [0.4, 0.5) is 5.69 Å². The molecule has 0 aromatic heterocycles. The van der Waals surface area contributed by atoms with E-state index in [2.05, 4.69) is 62.3 Å². The zero-order chi connectivity index (χ0) is 12.7. The molecule has 0 atom stereocenters. The standard InChI is InChI=1S/C15H26N2/c1-13(2)9-10-16-11-12-17(4)15-7-5-14(3)6-8-15/h5-8,13,16H,9-12H2,1-4H3. The van der Waals surface area contributed by atoms with Crippen molar-refractivity contribution in [1.82, 2.24) is 5.32 Å². The van der Waals surface area contributed by atoms with Gasteiger partial charge in [-0.1, -0.05) is 31.5 Å². The van der Waals surface area contributed by atoms with Crippen molar-refractivity contribution in [3.63, 3.8) is 0 Å². The molecule has 0 aliphatic heterocycles. The third kappa shape index (κ3) is 5.73. The molecular weight excluding hydrogens is 208 g/mol. The van der Waals surface area contributed by atoms with Crippen molar-refractivity contribution in [1.29, 1.82) is 0 Å². The Morgan fingerprint density at radius 3 is 2.35 bits per heavy atom. The highest BCUT2D eigenvalue weighted by molar-refractivity contribution is 5.46. The molecule has 0 aliphatic carbocycles. The second kappa shape index (κ2) is 7.33. The van der Waals surface area contributed by atoms with Crippen LogP contribution in [0.1, 0.15) is 25.8 Å². The lowest BCUT2D eigenvalue weighted by Gasteiger charge is -2.19. The Morgan fingerprint density at radius 2 is 1.76 bits per heavy atom. The Balaban J connectivity index is 2.21. The van der Waals surface area contributed by atoms with Gasteiger partial charge in [-0.3, -0.25) is 0 Å². The van der Waals surface area contributed by atoms with Crippen LogP contribution in [0.25, 0.3) is 0 Å². The van der Waals surface area contributed by atoms with Gasteiger partial charge in [0, 0.05) is 25.8 Å². The minimum absolute atomic E-state index is 0.789. The third-order valence-corrected chi connectivity index (χ3v) is 3.00. The summed E-state index contributed by atoms with van der Waals surface area (Å²) in [6.45, 7) is 9.88. The van der Waals surface area contributed by atoms with Gasteiger partial charge in [0.2, 0.25) is 0 Å². The summed E-state index contributed by atoms with van der Waals surface area (Å²) in [4.78, 5) is 2.29. The number of aryl methyl sites for hydroxylation is 1. The summed E-state index contributed by atoms with van der Waals surface area (Å²) >= 11 is 0. The van der Waals surface area contributed by atoms with Gasteiger partial charge in [-0.15, -0.1) is 0 Å². The lowest BCUT2D eigenvalue weighted by Crippen LogP contribution is -2.30. The van der Waals surface area contributed by atoms with E-state index >= 15 is 0 Å². The largest absolute Gasteiger partial charge is 0.373 e. The first-order valence-electron chi connectivity index (χ1n) is 6.58. The van der Waals surface area contributed by atoms with Gasteiger partial charge in [0.1, 0.15) is 0 Å². The molecule has 0 radical (unpaired) electrons. The van der Waals surface area contributed by atoms with Gasteiger partial charge < -0.3 is 10.2 Å². The maximum Gasteiger partial charge on any atom is 0.0364 e. The zero-order valence-corrected chi connectivity index (χ0v) is 11.7. The number of hydrogen-bond acceptors (Lipinski definition) is 2. The van der Waals surface area contributed by atoms with Crippen molar-refractivity contribution >= 4 is 5.69 Å². The normalized spacial score (nSPS) is 10.9. The lowest BCUT2D eigenvalue weighted by atomic mass is 10.1. The molecule has 0 unspecified atom stereocenters.